The Morgan fingerprint density at radius 2 is 1.92 bits per heavy atom. The van der Waals surface area contributed by atoms with Crippen molar-refractivity contribution in [1.29, 1.82) is 0 Å². The number of nitrogens with one attached hydrogen (secondary N) is 1. The molecule has 0 aromatic heterocycles. The highest BCUT2D eigenvalue weighted by atomic mass is 32.2. The lowest BCUT2D eigenvalue weighted by atomic mass is 9.93. The van der Waals surface area contributed by atoms with E-state index in [0.717, 1.165) is 22.0 Å². The van der Waals surface area contributed by atoms with E-state index in [1.807, 2.05) is 85.7 Å². The Hall–Kier alpha value is -3.52. The van der Waals surface area contributed by atoms with Crippen LogP contribution in [0, 0.1) is 0 Å². The van der Waals surface area contributed by atoms with Gasteiger partial charge in [-0.3, -0.25) is 4.79 Å². The summed E-state index contributed by atoms with van der Waals surface area (Å²) in [5.41, 5.74) is 3.77. The fraction of sp³-hybridized carbons (Fsp3) is 0.321. The summed E-state index contributed by atoms with van der Waals surface area (Å²) in [6, 6.07) is 17.2. The van der Waals surface area contributed by atoms with E-state index >= 15 is 0 Å². The van der Waals surface area contributed by atoms with Crippen molar-refractivity contribution in [2.75, 3.05) is 6.61 Å². The van der Waals surface area contributed by atoms with Crippen molar-refractivity contribution in [3.63, 3.8) is 0 Å². The second-order valence-corrected chi connectivity index (χ2v) is 9.70. The molecule has 7 nitrogen and oxygen atoms in total. The molecule has 4 rings (SSSR count). The zero-order valence-corrected chi connectivity index (χ0v) is 21.8. The van der Waals surface area contributed by atoms with Crippen LogP contribution in [0.25, 0.3) is 0 Å². The molecule has 0 bridgehead atoms. The Morgan fingerprint density at radius 1 is 1.14 bits per heavy atom. The van der Waals surface area contributed by atoms with E-state index < -0.39 is 12.0 Å². The lowest BCUT2D eigenvalue weighted by molar-refractivity contribution is -0.139. The Labute approximate surface area is 216 Å². The van der Waals surface area contributed by atoms with Crippen molar-refractivity contribution < 1.29 is 19.1 Å². The molecule has 0 aliphatic carbocycles. The number of carbonyl (C=O) groups excluding carboxylic acids is 2. The molecule has 0 saturated heterocycles. The lowest BCUT2D eigenvalue weighted by Crippen LogP contribution is -2.38. The second kappa shape index (κ2) is 11.5. The predicted molar refractivity (Wildman–Crippen MR) is 142 cm³/mol. The first kappa shape index (κ1) is 25.6. The molecular weight excluding hydrogens is 474 g/mol. The number of nitrogens with zero attached hydrogens (tertiary/aromatic N) is 2. The van der Waals surface area contributed by atoms with Crippen molar-refractivity contribution in [2.24, 2.45) is 4.99 Å². The Kier molecular flexibility index (Phi) is 8.15. The van der Waals surface area contributed by atoms with Crippen molar-refractivity contribution >= 4 is 28.8 Å². The van der Waals surface area contributed by atoms with Gasteiger partial charge in [0.25, 0.3) is 0 Å². The summed E-state index contributed by atoms with van der Waals surface area (Å²) in [4.78, 5) is 32.4. The smallest absolute Gasteiger partial charge is 0.338 e. The number of hydrogen-bond donors (Lipinski definition) is 1. The van der Waals surface area contributed by atoms with Gasteiger partial charge in [-0.2, -0.15) is 0 Å². The van der Waals surface area contributed by atoms with Crippen LogP contribution in [-0.4, -0.2) is 34.6 Å². The van der Waals surface area contributed by atoms with Gasteiger partial charge in [0.15, 0.2) is 5.17 Å². The SMILES string of the molecule is CCOC(=O)C1=C(C)N=C2SC=C(CC(=O)NC(C)C)N2[C@@H]1c1cccc(OCc2ccccc2)c1. The van der Waals surface area contributed by atoms with Crippen molar-refractivity contribution in [3.05, 3.63) is 88.1 Å². The third-order valence-electron chi connectivity index (χ3n) is 5.71. The summed E-state index contributed by atoms with van der Waals surface area (Å²) >= 11 is 1.45. The van der Waals surface area contributed by atoms with Crippen molar-refractivity contribution in [3.8, 4) is 5.75 Å². The normalized spacial score (nSPS) is 16.9. The zero-order valence-electron chi connectivity index (χ0n) is 21.0. The quantitative estimate of drug-likeness (QED) is 0.465. The van der Waals surface area contributed by atoms with Gasteiger partial charge in [-0.05, 0) is 56.4 Å². The molecule has 0 unspecified atom stereocenters. The molecular formula is C28H31N3O4S. The van der Waals surface area contributed by atoms with E-state index in [2.05, 4.69) is 5.32 Å². The highest BCUT2D eigenvalue weighted by Gasteiger charge is 2.41. The number of esters is 1. The van der Waals surface area contributed by atoms with Gasteiger partial charge in [0.1, 0.15) is 12.4 Å². The van der Waals surface area contributed by atoms with Gasteiger partial charge in [0.2, 0.25) is 5.91 Å². The van der Waals surface area contributed by atoms with Gasteiger partial charge in [-0.15, -0.1) is 0 Å². The van der Waals surface area contributed by atoms with Gasteiger partial charge in [0, 0.05) is 11.7 Å². The fourth-order valence-corrected chi connectivity index (χ4v) is 5.17. The number of benzene rings is 2. The molecule has 0 saturated carbocycles. The number of allylic oxidation sites excluding steroid dienone is 1. The summed E-state index contributed by atoms with van der Waals surface area (Å²) in [7, 11) is 0. The minimum atomic E-state index is -0.495. The first-order chi connectivity index (χ1) is 17.4. The Morgan fingerprint density at radius 3 is 2.64 bits per heavy atom. The molecule has 1 atom stereocenters. The maximum Gasteiger partial charge on any atom is 0.338 e. The van der Waals surface area contributed by atoms with Crippen molar-refractivity contribution in [1.82, 2.24) is 10.2 Å². The molecule has 188 valence electrons. The second-order valence-electron chi connectivity index (χ2n) is 8.86. The third kappa shape index (κ3) is 5.82. The summed E-state index contributed by atoms with van der Waals surface area (Å²) in [6.45, 7) is 8.15. The van der Waals surface area contributed by atoms with E-state index in [0.29, 0.717) is 23.6 Å². The van der Waals surface area contributed by atoms with E-state index in [9.17, 15) is 9.59 Å². The predicted octanol–water partition coefficient (Wildman–Crippen LogP) is 5.32. The molecule has 1 N–H and O–H groups in total. The van der Waals surface area contributed by atoms with Crippen LogP contribution in [-0.2, 0) is 20.9 Å². The van der Waals surface area contributed by atoms with Gasteiger partial charge < -0.3 is 19.7 Å². The Balaban J connectivity index is 1.68. The largest absolute Gasteiger partial charge is 0.489 e. The minimum absolute atomic E-state index is 0.0353. The topological polar surface area (TPSA) is 80.2 Å². The number of ether oxygens (including phenoxy) is 2. The molecule has 2 aromatic carbocycles. The highest BCUT2D eigenvalue weighted by Crippen LogP contribution is 2.45. The maximum absolute atomic E-state index is 13.1. The first-order valence-corrected chi connectivity index (χ1v) is 12.9. The van der Waals surface area contributed by atoms with Crippen LogP contribution in [0.1, 0.15) is 51.3 Å². The van der Waals surface area contributed by atoms with Gasteiger partial charge in [-0.25, -0.2) is 9.79 Å². The Bertz CT molecular complexity index is 1220. The number of fused-ring (bicyclic) bond motifs is 1. The number of amidine groups is 1. The summed E-state index contributed by atoms with van der Waals surface area (Å²) in [5, 5.41) is 5.61. The zero-order chi connectivity index (χ0) is 25.7. The molecule has 2 aromatic rings. The molecule has 2 aliphatic heterocycles. The van der Waals surface area contributed by atoms with Crippen LogP contribution < -0.4 is 10.1 Å². The standard InChI is InChI=1S/C28H31N3O4S/c1-5-34-27(33)25-19(4)30-28-31(22(17-36-28)15-24(32)29-18(2)3)26(25)21-12-9-13-23(14-21)35-16-20-10-7-6-8-11-20/h6-14,17-18,26H,5,15-16H2,1-4H3,(H,29,32)/t26-/m1/s1. The highest BCUT2D eigenvalue weighted by molar-refractivity contribution is 8.16. The van der Waals surface area contributed by atoms with E-state index in [1.165, 1.54) is 11.8 Å². The minimum Gasteiger partial charge on any atom is -0.489 e. The summed E-state index contributed by atoms with van der Waals surface area (Å²) in [5.74, 6) is 0.193. The molecule has 2 heterocycles. The summed E-state index contributed by atoms with van der Waals surface area (Å²) < 4.78 is 11.5. The first-order valence-electron chi connectivity index (χ1n) is 12.0. The van der Waals surface area contributed by atoms with Crippen molar-refractivity contribution in [2.45, 2.75) is 52.8 Å². The molecule has 0 fully saturated rings. The van der Waals surface area contributed by atoms with Crippen LogP contribution in [0.4, 0.5) is 0 Å². The lowest BCUT2D eigenvalue weighted by Gasteiger charge is -2.36. The van der Waals surface area contributed by atoms with Crippen LogP contribution >= 0.6 is 11.8 Å². The molecule has 8 heteroatoms. The summed E-state index contributed by atoms with van der Waals surface area (Å²) in [6.07, 6.45) is 0.181. The maximum atomic E-state index is 13.1. The van der Waals surface area contributed by atoms with E-state index in [4.69, 9.17) is 14.5 Å². The molecule has 36 heavy (non-hydrogen) atoms. The van der Waals surface area contributed by atoms with Crippen LogP contribution in [0.2, 0.25) is 0 Å². The number of thioether (sulfide) groups is 1. The van der Waals surface area contributed by atoms with Gasteiger partial charge in [0.05, 0.1) is 30.3 Å². The fourth-order valence-electron chi connectivity index (χ4n) is 4.21. The number of aliphatic imine (C=N–C) groups is 1. The average Bonchev–Trinajstić information content (AvgIpc) is 3.24. The van der Waals surface area contributed by atoms with E-state index in [1.54, 1.807) is 6.92 Å². The molecule has 0 radical (unpaired) electrons. The third-order valence-corrected chi connectivity index (χ3v) is 6.60. The average molecular weight is 506 g/mol. The molecule has 1 amide bonds. The number of amides is 1. The number of rotatable bonds is 9. The van der Waals surface area contributed by atoms with Gasteiger partial charge >= 0.3 is 5.97 Å². The van der Waals surface area contributed by atoms with Crippen LogP contribution in [0.15, 0.2) is 82.0 Å². The van der Waals surface area contributed by atoms with Crippen LogP contribution in [0.5, 0.6) is 5.75 Å². The van der Waals surface area contributed by atoms with Gasteiger partial charge in [-0.1, -0.05) is 54.2 Å². The van der Waals surface area contributed by atoms with Crippen LogP contribution in [0.3, 0.4) is 0 Å². The molecule has 2 aliphatic rings. The number of hydrogen-bond acceptors (Lipinski definition) is 7. The van der Waals surface area contributed by atoms with E-state index in [-0.39, 0.29) is 25.0 Å². The number of carbonyl (C=O) groups is 2. The molecule has 0 spiro atoms. The monoisotopic (exact) mass is 505 g/mol.